The molecule has 0 amide bonds. The second-order valence-electron chi connectivity index (χ2n) is 5.23. The second kappa shape index (κ2) is 5.49. The van der Waals surface area contributed by atoms with Crippen LogP contribution in [-0.2, 0) is 11.8 Å². The lowest BCUT2D eigenvalue weighted by Gasteiger charge is -2.12. The zero-order valence-corrected chi connectivity index (χ0v) is 12.6. The largest absolute Gasteiger partial charge is 0.504 e. The number of ether oxygens (including phenoxy) is 1. The molecule has 0 aliphatic rings. The molecule has 21 heavy (non-hydrogen) atoms. The Bertz CT molecular complexity index is 812. The molecule has 3 rings (SSSR count). The first kappa shape index (κ1) is 13.5. The number of aromatic nitrogens is 1. The Hall–Kier alpha value is -2.48. The fourth-order valence-corrected chi connectivity index (χ4v) is 2.84. The summed E-state index contributed by atoms with van der Waals surface area (Å²) in [6.45, 7) is 2.16. The van der Waals surface area contributed by atoms with Crippen molar-refractivity contribution in [3.8, 4) is 11.1 Å². The Balaban J connectivity index is 2.24. The lowest BCUT2D eigenvalue weighted by atomic mass is 9.95. The van der Waals surface area contributed by atoms with E-state index in [2.05, 4.69) is 67.2 Å². The van der Waals surface area contributed by atoms with Gasteiger partial charge in [0.25, 0.3) is 0 Å². The molecule has 106 valence electrons. The average Bonchev–Trinajstić information content (AvgIpc) is 2.88. The number of benzene rings is 2. The number of para-hydroxylation sites is 1. The molecule has 0 bridgehead atoms. The number of aryl methyl sites for hydroxylation is 1. The zero-order valence-electron chi connectivity index (χ0n) is 12.6. The highest BCUT2D eigenvalue weighted by atomic mass is 16.5. The summed E-state index contributed by atoms with van der Waals surface area (Å²) >= 11 is 0. The molecule has 0 saturated carbocycles. The molecule has 2 heteroatoms. The van der Waals surface area contributed by atoms with Gasteiger partial charge in [-0.2, -0.15) is 0 Å². The fourth-order valence-electron chi connectivity index (χ4n) is 2.84. The van der Waals surface area contributed by atoms with Crippen LogP contribution in [0.1, 0.15) is 11.1 Å². The smallest absolute Gasteiger partial charge is 0.0830 e. The van der Waals surface area contributed by atoms with Crippen molar-refractivity contribution < 1.29 is 4.74 Å². The van der Waals surface area contributed by atoms with Gasteiger partial charge in [-0.05, 0) is 35.8 Å². The van der Waals surface area contributed by atoms with Crippen molar-refractivity contribution >= 4 is 17.0 Å². The van der Waals surface area contributed by atoms with Crippen molar-refractivity contribution in [3.05, 3.63) is 66.1 Å². The van der Waals surface area contributed by atoms with Crippen molar-refractivity contribution in [1.82, 2.24) is 4.57 Å². The standard InChI is InChI=1S/C19H19NO/c1-14-15(11-13-21-3)6-4-8-17(14)18-9-5-7-16-10-12-20(2)19(16)18/h4-13H,1-3H3/b13-11-. The predicted octanol–water partition coefficient (Wildman–Crippen LogP) is 4.77. The minimum atomic E-state index is 1.18. The first-order chi connectivity index (χ1) is 10.2. The maximum absolute atomic E-state index is 5.04. The van der Waals surface area contributed by atoms with Crippen molar-refractivity contribution in [2.45, 2.75) is 6.92 Å². The van der Waals surface area contributed by atoms with Crippen molar-refractivity contribution in [1.29, 1.82) is 0 Å². The Morgan fingerprint density at radius 1 is 1.00 bits per heavy atom. The van der Waals surface area contributed by atoms with Gasteiger partial charge < -0.3 is 9.30 Å². The maximum Gasteiger partial charge on any atom is 0.0830 e. The minimum Gasteiger partial charge on any atom is -0.504 e. The SMILES string of the molecule is CO/C=C\c1cccc(-c2cccc3ccn(C)c23)c1C. The van der Waals surface area contributed by atoms with E-state index in [0.29, 0.717) is 0 Å². The number of nitrogens with zero attached hydrogens (tertiary/aromatic N) is 1. The summed E-state index contributed by atoms with van der Waals surface area (Å²) in [6.07, 6.45) is 5.83. The van der Waals surface area contributed by atoms with Crippen LogP contribution in [0.3, 0.4) is 0 Å². The van der Waals surface area contributed by atoms with Gasteiger partial charge in [0.05, 0.1) is 18.9 Å². The third-order valence-electron chi connectivity index (χ3n) is 3.95. The Kier molecular flexibility index (Phi) is 3.53. The summed E-state index contributed by atoms with van der Waals surface area (Å²) in [5.41, 5.74) is 6.25. The quantitative estimate of drug-likeness (QED) is 0.629. The number of rotatable bonds is 3. The third kappa shape index (κ3) is 2.33. The van der Waals surface area contributed by atoms with E-state index in [1.165, 1.54) is 33.2 Å². The van der Waals surface area contributed by atoms with Crippen molar-refractivity contribution in [2.75, 3.05) is 7.11 Å². The fraction of sp³-hybridized carbons (Fsp3) is 0.158. The number of hydrogen-bond acceptors (Lipinski definition) is 1. The number of hydrogen-bond donors (Lipinski definition) is 0. The Morgan fingerprint density at radius 3 is 2.57 bits per heavy atom. The molecule has 0 aliphatic carbocycles. The third-order valence-corrected chi connectivity index (χ3v) is 3.95. The Labute approximate surface area is 125 Å². The maximum atomic E-state index is 5.04. The number of fused-ring (bicyclic) bond motifs is 1. The molecular weight excluding hydrogens is 258 g/mol. The number of methoxy groups -OCH3 is 1. The van der Waals surface area contributed by atoms with Gasteiger partial charge in [0, 0.05) is 24.2 Å². The first-order valence-corrected chi connectivity index (χ1v) is 7.06. The van der Waals surface area contributed by atoms with Crippen molar-refractivity contribution in [3.63, 3.8) is 0 Å². The molecule has 2 nitrogen and oxygen atoms in total. The summed E-state index contributed by atoms with van der Waals surface area (Å²) < 4.78 is 7.22. The molecular formula is C19H19NO. The first-order valence-electron chi connectivity index (χ1n) is 7.06. The molecule has 0 aliphatic heterocycles. The van der Waals surface area contributed by atoms with Crippen LogP contribution in [0, 0.1) is 6.92 Å². The van der Waals surface area contributed by atoms with Crippen LogP contribution in [0.2, 0.25) is 0 Å². The molecule has 2 aromatic carbocycles. The normalized spacial score (nSPS) is 11.4. The summed E-state index contributed by atoms with van der Waals surface area (Å²) in [6, 6.07) is 15.0. The lowest BCUT2D eigenvalue weighted by Crippen LogP contribution is -1.92. The van der Waals surface area contributed by atoms with Crippen LogP contribution in [-0.4, -0.2) is 11.7 Å². The van der Waals surface area contributed by atoms with Crippen LogP contribution in [0.4, 0.5) is 0 Å². The average molecular weight is 277 g/mol. The van der Waals surface area contributed by atoms with Gasteiger partial charge in [-0.25, -0.2) is 0 Å². The van der Waals surface area contributed by atoms with E-state index < -0.39 is 0 Å². The van der Waals surface area contributed by atoms with Gasteiger partial charge in [0.1, 0.15) is 0 Å². The summed E-state index contributed by atoms with van der Waals surface area (Å²) in [4.78, 5) is 0. The molecule has 1 heterocycles. The van der Waals surface area contributed by atoms with Crippen molar-refractivity contribution in [2.24, 2.45) is 7.05 Å². The van der Waals surface area contributed by atoms with E-state index in [1.807, 2.05) is 6.08 Å². The van der Waals surface area contributed by atoms with Crippen LogP contribution < -0.4 is 0 Å². The van der Waals surface area contributed by atoms with Gasteiger partial charge in [0.2, 0.25) is 0 Å². The molecule has 0 spiro atoms. The highest BCUT2D eigenvalue weighted by molar-refractivity contribution is 5.95. The van der Waals surface area contributed by atoms with Gasteiger partial charge >= 0.3 is 0 Å². The molecule has 0 unspecified atom stereocenters. The highest BCUT2D eigenvalue weighted by Crippen LogP contribution is 2.32. The molecule has 0 N–H and O–H groups in total. The molecule has 3 aromatic rings. The van der Waals surface area contributed by atoms with E-state index in [1.54, 1.807) is 13.4 Å². The minimum absolute atomic E-state index is 1.18. The van der Waals surface area contributed by atoms with E-state index in [0.717, 1.165) is 0 Å². The van der Waals surface area contributed by atoms with E-state index in [9.17, 15) is 0 Å². The van der Waals surface area contributed by atoms with E-state index >= 15 is 0 Å². The molecule has 0 radical (unpaired) electrons. The van der Waals surface area contributed by atoms with Crippen LogP contribution >= 0.6 is 0 Å². The Morgan fingerprint density at radius 2 is 1.76 bits per heavy atom. The van der Waals surface area contributed by atoms with Gasteiger partial charge in [-0.3, -0.25) is 0 Å². The van der Waals surface area contributed by atoms with Gasteiger partial charge in [0.15, 0.2) is 0 Å². The van der Waals surface area contributed by atoms with Gasteiger partial charge in [-0.15, -0.1) is 0 Å². The predicted molar refractivity (Wildman–Crippen MR) is 89.1 cm³/mol. The zero-order chi connectivity index (χ0) is 14.8. The topological polar surface area (TPSA) is 14.2 Å². The summed E-state index contributed by atoms with van der Waals surface area (Å²) in [5, 5.41) is 1.27. The van der Waals surface area contributed by atoms with Crippen LogP contribution in [0.25, 0.3) is 28.1 Å². The van der Waals surface area contributed by atoms with E-state index in [-0.39, 0.29) is 0 Å². The molecule has 0 fully saturated rings. The van der Waals surface area contributed by atoms with Crippen LogP contribution in [0.5, 0.6) is 0 Å². The molecule has 0 saturated heterocycles. The van der Waals surface area contributed by atoms with Crippen LogP contribution in [0.15, 0.2) is 54.9 Å². The second-order valence-corrected chi connectivity index (χ2v) is 5.23. The van der Waals surface area contributed by atoms with E-state index in [4.69, 9.17) is 4.74 Å². The lowest BCUT2D eigenvalue weighted by molar-refractivity contribution is 0.341. The van der Waals surface area contributed by atoms with Gasteiger partial charge in [-0.1, -0.05) is 36.4 Å². The molecule has 0 atom stereocenters. The monoisotopic (exact) mass is 277 g/mol. The molecule has 1 aromatic heterocycles. The summed E-state index contributed by atoms with van der Waals surface area (Å²) in [7, 11) is 3.76. The summed E-state index contributed by atoms with van der Waals surface area (Å²) in [5.74, 6) is 0. The highest BCUT2D eigenvalue weighted by Gasteiger charge is 2.10.